The van der Waals surface area contributed by atoms with Gasteiger partial charge in [0.15, 0.2) is 5.78 Å². The number of nitrogens with zero attached hydrogens (tertiary/aromatic N) is 2. The number of ether oxygens (including phenoxy) is 3. The van der Waals surface area contributed by atoms with Gasteiger partial charge in [-0.2, -0.15) is 0 Å². The van der Waals surface area contributed by atoms with Crippen molar-refractivity contribution in [3.8, 4) is 11.5 Å². The Labute approximate surface area is 216 Å². The molecule has 11 nitrogen and oxygen atoms in total. The smallest absolute Gasteiger partial charge is 0.414 e. The monoisotopic (exact) mass is 528 g/mol. The van der Waals surface area contributed by atoms with Gasteiger partial charge in [0.05, 0.1) is 11.5 Å². The van der Waals surface area contributed by atoms with E-state index in [-0.39, 0.29) is 44.1 Å². The van der Waals surface area contributed by atoms with Crippen LogP contribution in [-0.2, 0) is 24.0 Å². The fourth-order valence-corrected chi connectivity index (χ4v) is 3.88. The van der Waals surface area contributed by atoms with Gasteiger partial charge in [-0.05, 0) is 36.2 Å². The van der Waals surface area contributed by atoms with Crippen LogP contribution in [0.2, 0.25) is 0 Å². The zero-order valence-corrected chi connectivity index (χ0v) is 20.5. The molecule has 1 unspecified atom stereocenters. The molecule has 4 rings (SSSR count). The van der Waals surface area contributed by atoms with E-state index >= 15 is 0 Å². The van der Waals surface area contributed by atoms with Gasteiger partial charge in [-0.3, -0.25) is 14.4 Å². The minimum atomic E-state index is -0.876. The Morgan fingerprint density at radius 2 is 1.79 bits per heavy atom. The first-order chi connectivity index (χ1) is 18.2. The lowest BCUT2D eigenvalue weighted by Crippen LogP contribution is -2.34. The minimum absolute atomic E-state index is 0.00396. The molecular weight excluding hydrogens is 503 g/mol. The second-order valence-electron chi connectivity index (χ2n) is 8.68. The molecule has 0 bridgehead atoms. The van der Waals surface area contributed by atoms with Crippen molar-refractivity contribution < 1.29 is 47.4 Å². The van der Waals surface area contributed by atoms with Crippen LogP contribution in [0, 0.1) is 5.82 Å². The Morgan fingerprint density at radius 3 is 2.50 bits per heavy atom. The molecule has 1 saturated heterocycles. The third-order valence-corrected chi connectivity index (χ3v) is 5.93. The number of halogens is 1. The standard InChI is InChI=1S/C26H25FN2O9/c1-28(11-2-12-35-15-24(32)38-29-22(30)9-10-23(29)31)26(34)37-18-7-8-19-21(13-18)36-14-20(25(19)33)16-3-5-17(27)6-4-16/h3-8,13,20H,2,9-12,14-15H2,1H3. The molecule has 1 atom stereocenters. The molecular formula is C26H25FN2O9. The van der Waals surface area contributed by atoms with E-state index in [2.05, 4.69) is 4.84 Å². The number of benzene rings is 2. The van der Waals surface area contributed by atoms with Crippen molar-refractivity contribution in [3.05, 3.63) is 59.4 Å². The third kappa shape index (κ3) is 6.32. The highest BCUT2D eigenvalue weighted by molar-refractivity contribution is 6.04. The number of carbonyl (C=O) groups excluding carboxylic acids is 5. The molecule has 0 radical (unpaired) electrons. The third-order valence-electron chi connectivity index (χ3n) is 5.93. The molecule has 2 heterocycles. The van der Waals surface area contributed by atoms with Crippen molar-refractivity contribution in [2.75, 3.05) is 33.4 Å². The summed E-state index contributed by atoms with van der Waals surface area (Å²) in [6.07, 6.45) is -0.275. The van der Waals surface area contributed by atoms with E-state index in [9.17, 15) is 28.4 Å². The normalized spacial score (nSPS) is 16.6. The van der Waals surface area contributed by atoms with Crippen LogP contribution in [0.1, 0.15) is 41.1 Å². The number of hydrogen-bond donors (Lipinski definition) is 0. The fourth-order valence-electron chi connectivity index (χ4n) is 3.88. The summed E-state index contributed by atoms with van der Waals surface area (Å²) in [4.78, 5) is 65.9. The summed E-state index contributed by atoms with van der Waals surface area (Å²) in [7, 11) is 1.52. The number of rotatable bonds is 9. The van der Waals surface area contributed by atoms with Crippen molar-refractivity contribution in [3.63, 3.8) is 0 Å². The molecule has 0 N–H and O–H groups in total. The molecule has 1 fully saturated rings. The second-order valence-corrected chi connectivity index (χ2v) is 8.68. The first-order valence-corrected chi connectivity index (χ1v) is 11.9. The van der Waals surface area contributed by atoms with E-state index in [4.69, 9.17) is 14.2 Å². The van der Waals surface area contributed by atoms with E-state index in [0.29, 0.717) is 28.4 Å². The highest BCUT2D eigenvalue weighted by atomic mass is 19.1. The van der Waals surface area contributed by atoms with Crippen molar-refractivity contribution >= 4 is 29.7 Å². The van der Waals surface area contributed by atoms with E-state index in [1.54, 1.807) is 12.1 Å². The van der Waals surface area contributed by atoms with Gasteiger partial charge in [0.25, 0.3) is 11.8 Å². The van der Waals surface area contributed by atoms with Crippen molar-refractivity contribution in [2.45, 2.75) is 25.2 Å². The van der Waals surface area contributed by atoms with E-state index < -0.39 is 42.2 Å². The van der Waals surface area contributed by atoms with Crippen molar-refractivity contribution in [1.82, 2.24) is 9.96 Å². The van der Waals surface area contributed by atoms with Crippen molar-refractivity contribution in [2.24, 2.45) is 0 Å². The Hall–Kier alpha value is -4.32. The number of Topliss-reactive ketones (excluding diaryl/α,β-unsaturated/α-hetero) is 1. The molecule has 38 heavy (non-hydrogen) atoms. The molecule has 0 aliphatic carbocycles. The minimum Gasteiger partial charge on any atom is -0.492 e. The van der Waals surface area contributed by atoms with Gasteiger partial charge in [-0.1, -0.05) is 12.1 Å². The molecule has 2 aliphatic heterocycles. The first kappa shape index (κ1) is 26.7. The van der Waals surface area contributed by atoms with Gasteiger partial charge in [-0.15, -0.1) is 5.06 Å². The Bertz CT molecular complexity index is 1230. The molecule has 200 valence electrons. The number of hydrogen-bond acceptors (Lipinski definition) is 9. The predicted octanol–water partition coefficient (Wildman–Crippen LogP) is 2.63. The molecule has 0 aromatic heterocycles. The van der Waals surface area contributed by atoms with Crippen LogP contribution < -0.4 is 9.47 Å². The quantitative estimate of drug-likeness (QED) is 0.356. The van der Waals surface area contributed by atoms with Crippen LogP contribution in [0.25, 0.3) is 0 Å². The van der Waals surface area contributed by atoms with Gasteiger partial charge < -0.3 is 23.9 Å². The van der Waals surface area contributed by atoms with Gasteiger partial charge in [0, 0.05) is 39.1 Å². The lowest BCUT2D eigenvalue weighted by Gasteiger charge is -2.25. The van der Waals surface area contributed by atoms with Crippen LogP contribution in [0.3, 0.4) is 0 Å². The van der Waals surface area contributed by atoms with Gasteiger partial charge in [0.2, 0.25) is 0 Å². The van der Waals surface area contributed by atoms with Crippen LogP contribution in [-0.4, -0.2) is 73.0 Å². The van der Waals surface area contributed by atoms with E-state index in [1.807, 2.05) is 0 Å². The number of ketones is 1. The summed E-state index contributed by atoms with van der Waals surface area (Å²) in [6.45, 7) is -0.0249. The predicted molar refractivity (Wildman–Crippen MR) is 127 cm³/mol. The van der Waals surface area contributed by atoms with Crippen LogP contribution >= 0.6 is 0 Å². The van der Waals surface area contributed by atoms with Crippen molar-refractivity contribution in [1.29, 1.82) is 0 Å². The molecule has 3 amide bonds. The number of amides is 3. The summed E-state index contributed by atoms with van der Waals surface area (Å²) >= 11 is 0. The average molecular weight is 528 g/mol. The summed E-state index contributed by atoms with van der Waals surface area (Å²) in [5.74, 6) is -2.66. The van der Waals surface area contributed by atoms with Gasteiger partial charge in [-0.25, -0.2) is 14.0 Å². The van der Waals surface area contributed by atoms with Crippen LogP contribution in [0.5, 0.6) is 11.5 Å². The molecule has 2 aromatic rings. The summed E-state index contributed by atoms with van der Waals surface area (Å²) in [6, 6.07) is 10.2. The Balaban J connectivity index is 1.20. The zero-order valence-electron chi connectivity index (χ0n) is 20.5. The molecule has 0 spiro atoms. The summed E-state index contributed by atoms with van der Waals surface area (Å²) in [5, 5.41) is 0.445. The zero-order chi connectivity index (χ0) is 27.2. The average Bonchev–Trinajstić information content (AvgIpc) is 3.21. The molecule has 0 saturated carbocycles. The largest absolute Gasteiger partial charge is 0.492 e. The number of hydroxylamine groups is 2. The van der Waals surface area contributed by atoms with Gasteiger partial charge >= 0.3 is 12.1 Å². The lowest BCUT2D eigenvalue weighted by molar-refractivity contribution is -0.200. The summed E-state index contributed by atoms with van der Waals surface area (Å²) in [5.41, 5.74) is 0.990. The number of fused-ring (bicyclic) bond motifs is 1. The maximum absolute atomic E-state index is 13.2. The maximum Gasteiger partial charge on any atom is 0.414 e. The van der Waals surface area contributed by atoms with E-state index in [0.717, 1.165) is 0 Å². The van der Waals surface area contributed by atoms with E-state index in [1.165, 1.54) is 42.3 Å². The Kier molecular flexibility index (Phi) is 8.31. The molecule has 12 heteroatoms. The fraction of sp³-hybridized carbons (Fsp3) is 0.346. The van der Waals surface area contributed by atoms with Gasteiger partial charge in [0.1, 0.15) is 30.5 Å². The second kappa shape index (κ2) is 11.8. The first-order valence-electron chi connectivity index (χ1n) is 11.9. The molecule has 2 aromatic carbocycles. The topological polar surface area (TPSA) is 129 Å². The van der Waals surface area contributed by atoms with Crippen LogP contribution in [0.4, 0.5) is 9.18 Å². The lowest BCUT2D eigenvalue weighted by atomic mass is 9.89. The molecule has 2 aliphatic rings. The number of imide groups is 1. The highest BCUT2D eigenvalue weighted by Gasteiger charge is 2.33. The Morgan fingerprint density at radius 1 is 1.08 bits per heavy atom. The maximum atomic E-state index is 13.2. The summed E-state index contributed by atoms with van der Waals surface area (Å²) < 4.78 is 29.5. The highest BCUT2D eigenvalue weighted by Crippen LogP contribution is 2.35. The SMILES string of the molecule is CN(CCCOCC(=O)ON1C(=O)CCC1=O)C(=O)Oc1ccc2c(c1)OCC(c1ccc(F)cc1)C2=O. The van der Waals surface area contributed by atoms with Crippen LogP contribution in [0.15, 0.2) is 42.5 Å². The number of carbonyl (C=O) groups is 5.